The molecule has 1 aromatic carbocycles. The Kier molecular flexibility index (Phi) is 2.77. The van der Waals surface area contributed by atoms with Crippen molar-refractivity contribution in [1.82, 2.24) is 4.98 Å². The highest BCUT2D eigenvalue weighted by Gasteiger charge is 2.00. The lowest BCUT2D eigenvalue weighted by Crippen LogP contribution is -1.91. The molecule has 1 nitrogen and oxygen atoms in total. The quantitative estimate of drug-likeness (QED) is 0.727. The van der Waals surface area contributed by atoms with Crippen LogP contribution in [0.3, 0.4) is 0 Å². The number of aromatic nitrogens is 1. The van der Waals surface area contributed by atoms with Gasteiger partial charge in [-0.3, -0.25) is 4.98 Å². The van der Waals surface area contributed by atoms with Crippen LogP contribution in [0.2, 0.25) is 0 Å². The van der Waals surface area contributed by atoms with E-state index in [4.69, 9.17) is 0 Å². The van der Waals surface area contributed by atoms with Gasteiger partial charge in [0, 0.05) is 12.4 Å². The molecule has 0 amide bonds. The summed E-state index contributed by atoms with van der Waals surface area (Å²) in [6.07, 6.45) is 4.25. The first-order valence-corrected chi connectivity index (χ1v) is 4.89. The van der Waals surface area contributed by atoms with E-state index in [1.165, 1.54) is 0 Å². The van der Waals surface area contributed by atoms with Gasteiger partial charge in [-0.05, 0) is 48.2 Å². The lowest BCUT2D eigenvalue weighted by molar-refractivity contribution is 0.616. The molecule has 1 aromatic heterocycles. The van der Waals surface area contributed by atoms with Crippen molar-refractivity contribution >= 4 is 0 Å². The monoisotopic (exact) mass is 201 g/mol. The first-order valence-electron chi connectivity index (χ1n) is 4.89. The molecule has 0 fully saturated rings. The summed E-state index contributed by atoms with van der Waals surface area (Å²) >= 11 is 0. The zero-order valence-electron chi connectivity index (χ0n) is 8.57. The number of hydrogen-bond acceptors (Lipinski definition) is 1. The van der Waals surface area contributed by atoms with Crippen molar-refractivity contribution in [3.63, 3.8) is 0 Å². The predicted molar refractivity (Wildman–Crippen MR) is 58.2 cm³/mol. The maximum absolute atomic E-state index is 13.3. The van der Waals surface area contributed by atoms with E-state index >= 15 is 0 Å². The second-order valence-corrected chi connectivity index (χ2v) is 3.62. The van der Waals surface area contributed by atoms with Crippen LogP contribution < -0.4 is 0 Å². The van der Waals surface area contributed by atoms with Gasteiger partial charge < -0.3 is 0 Å². The van der Waals surface area contributed by atoms with Crippen molar-refractivity contribution in [3.8, 4) is 0 Å². The standard InChI is InChI=1S/C13H12FN/c1-10-2-3-12(9-13(10)14)8-11-4-6-15-7-5-11/h2-7,9H,8H2,1H3. The van der Waals surface area contributed by atoms with Crippen LogP contribution in [0.25, 0.3) is 0 Å². The largest absolute Gasteiger partial charge is 0.265 e. The molecule has 0 saturated heterocycles. The Morgan fingerprint density at radius 1 is 1.07 bits per heavy atom. The van der Waals surface area contributed by atoms with Gasteiger partial charge in [-0.15, -0.1) is 0 Å². The van der Waals surface area contributed by atoms with E-state index < -0.39 is 0 Å². The molecule has 2 aromatic rings. The SMILES string of the molecule is Cc1ccc(Cc2ccncc2)cc1F. The molecule has 0 saturated carbocycles. The number of halogens is 1. The van der Waals surface area contributed by atoms with E-state index in [9.17, 15) is 4.39 Å². The smallest absolute Gasteiger partial charge is 0.126 e. The van der Waals surface area contributed by atoms with Gasteiger partial charge in [-0.1, -0.05) is 12.1 Å². The van der Waals surface area contributed by atoms with Gasteiger partial charge in [0.15, 0.2) is 0 Å². The van der Waals surface area contributed by atoms with Crippen molar-refractivity contribution in [2.24, 2.45) is 0 Å². The number of rotatable bonds is 2. The van der Waals surface area contributed by atoms with Crippen molar-refractivity contribution in [3.05, 3.63) is 65.2 Å². The molecule has 76 valence electrons. The van der Waals surface area contributed by atoms with Gasteiger partial charge >= 0.3 is 0 Å². The minimum atomic E-state index is -0.137. The summed E-state index contributed by atoms with van der Waals surface area (Å²) in [4.78, 5) is 3.94. The van der Waals surface area contributed by atoms with Gasteiger partial charge in [0.05, 0.1) is 0 Å². The molecular weight excluding hydrogens is 189 g/mol. The summed E-state index contributed by atoms with van der Waals surface area (Å²) in [5, 5.41) is 0. The molecule has 0 bridgehead atoms. The lowest BCUT2D eigenvalue weighted by Gasteiger charge is -2.03. The van der Waals surface area contributed by atoms with Crippen LogP contribution in [0.15, 0.2) is 42.7 Å². The average molecular weight is 201 g/mol. The third-order valence-electron chi connectivity index (χ3n) is 2.39. The average Bonchev–Trinajstić information content (AvgIpc) is 2.25. The highest BCUT2D eigenvalue weighted by atomic mass is 19.1. The Bertz CT molecular complexity index is 451. The summed E-state index contributed by atoms with van der Waals surface area (Å²) in [6.45, 7) is 1.77. The van der Waals surface area contributed by atoms with Crippen LogP contribution in [0.4, 0.5) is 4.39 Å². The first-order chi connectivity index (χ1) is 7.25. The minimum Gasteiger partial charge on any atom is -0.265 e. The number of aryl methyl sites for hydroxylation is 1. The van der Waals surface area contributed by atoms with Gasteiger partial charge in [0.25, 0.3) is 0 Å². The van der Waals surface area contributed by atoms with Crippen molar-refractivity contribution < 1.29 is 4.39 Å². The second-order valence-electron chi connectivity index (χ2n) is 3.62. The van der Waals surface area contributed by atoms with Crippen LogP contribution in [-0.4, -0.2) is 4.98 Å². The molecule has 0 atom stereocenters. The molecule has 0 spiro atoms. The normalized spacial score (nSPS) is 10.3. The molecular formula is C13H12FN. The van der Waals surface area contributed by atoms with E-state index in [1.807, 2.05) is 24.3 Å². The summed E-state index contributed by atoms with van der Waals surface area (Å²) in [6, 6.07) is 9.25. The molecule has 15 heavy (non-hydrogen) atoms. The maximum atomic E-state index is 13.3. The fourth-order valence-electron chi connectivity index (χ4n) is 1.48. The Hall–Kier alpha value is -1.70. The van der Waals surface area contributed by atoms with Crippen molar-refractivity contribution in [2.75, 3.05) is 0 Å². The summed E-state index contributed by atoms with van der Waals surface area (Å²) in [5.74, 6) is -0.137. The van der Waals surface area contributed by atoms with Crippen molar-refractivity contribution in [1.29, 1.82) is 0 Å². The molecule has 0 aliphatic rings. The fourth-order valence-corrected chi connectivity index (χ4v) is 1.48. The van der Waals surface area contributed by atoms with Gasteiger partial charge in [-0.2, -0.15) is 0 Å². The number of nitrogens with zero attached hydrogens (tertiary/aromatic N) is 1. The van der Waals surface area contributed by atoms with E-state index in [1.54, 1.807) is 25.4 Å². The highest BCUT2D eigenvalue weighted by molar-refractivity contribution is 5.28. The van der Waals surface area contributed by atoms with E-state index in [0.29, 0.717) is 5.56 Å². The zero-order valence-corrected chi connectivity index (χ0v) is 8.57. The molecule has 0 unspecified atom stereocenters. The summed E-state index contributed by atoms with van der Waals surface area (Å²) in [5.41, 5.74) is 2.83. The minimum absolute atomic E-state index is 0.137. The second kappa shape index (κ2) is 4.22. The maximum Gasteiger partial charge on any atom is 0.126 e. The lowest BCUT2D eigenvalue weighted by atomic mass is 10.0. The fraction of sp³-hybridized carbons (Fsp3) is 0.154. The van der Waals surface area contributed by atoms with Gasteiger partial charge in [-0.25, -0.2) is 4.39 Å². The Morgan fingerprint density at radius 2 is 1.80 bits per heavy atom. The van der Waals surface area contributed by atoms with E-state index in [2.05, 4.69) is 4.98 Å². The molecule has 1 heterocycles. The van der Waals surface area contributed by atoms with Gasteiger partial charge in [0.2, 0.25) is 0 Å². The van der Waals surface area contributed by atoms with Crippen LogP contribution in [0.5, 0.6) is 0 Å². The van der Waals surface area contributed by atoms with E-state index in [0.717, 1.165) is 17.5 Å². The molecule has 0 aliphatic heterocycles. The van der Waals surface area contributed by atoms with Crippen LogP contribution in [0.1, 0.15) is 16.7 Å². The number of hydrogen-bond donors (Lipinski definition) is 0. The van der Waals surface area contributed by atoms with E-state index in [-0.39, 0.29) is 5.82 Å². The highest BCUT2D eigenvalue weighted by Crippen LogP contribution is 2.12. The summed E-state index contributed by atoms with van der Waals surface area (Å²) < 4.78 is 13.3. The summed E-state index contributed by atoms with van der Waals surface area (Å²) in [7, 11) is 0. The molecule has 2 heteroatoms. The van der Waals surface area contributed by atoms with Crippen LogP contribution in [-0.2, 0) is 6.42 Å². The van der Waals surface area contributed by atoms with Crippen molar-refractivity contribution in [2.45, 2.75) is 13.3 Å². The Balaban J connectivity index is 2.22. The number of pyridine rings is 1. The third kappa shape index (κ3) is 2.40. The third-order valence-corrected chi connectivity index (χ3v) is 2.39. The molecule has 0 aliphatic carbocycles. The Labute approximate surface area is 88.6 Å². The molecule has 0 radical (unpaired) electrons. The zero-order chi connectivity index (χ0) is 10.7. The van der Waals surface area contributed by atoms with Crippen LogP contribution >= 0.6 is 0 Å². The first kappa shape index (κ1) is 9.84. The van der Waals surface area contributed by atoms with Crippen LogP contribution in [0, 0.1) is 12.7 Å². The Morgan fingerprint density at radius 3 is 2.47 bits per heavy atom. The molecule has 0 N–H and O–H groups in total. The topological polar surface area (TPSA) is 12.9 Å². The number of benzene rings is 1. The predicted octanol–water partition coefficient (Wildman–Crippen LogP) is 3.12. The molecule has 2 rings (SSSR count). The van der Waals surface area contributed by atoms with Gasteiger partial charge in [0.1, 0.15) is 5.82 Å².